The first kappa shape index (κ1) is 19.0. The van der Waals surface area contributed by atoms with Gasteiger partial charge in [-0.2, -0.15) is 0 Å². The second-order valence-electron chi connectivity index (χ2n) is 6.21. The van der Waals surface area contributed by atoms with Crippen LogP contribution in [0.2, 0.25) is 0 Å². The summed E-state index contributed by atoms with van der Waals surface area (Å²) in [5.41, 5.74) is 2.42. The van der Waals surface area contributed by atoms with E-state index in [0.29, 0.717) is 11.4 Å². The number of hydrogen-bond acceptors (Lipinski definition) is 7. The van der Waals surface area contributed by atoms with Crippen molar-refractivity contribution in [2.45, 2.75) is 29.8 Å². The van der Waals surface area contributed by atoms with Crippen molar-refractivity contribution in [3.63, 3.8) is 0 Å². The Balaban J connectivity index is 1.60. The Kier molecular flexibility index (Phi) is 4.89. The van der Waals surface area contributed by atoms with E-state index in [9.17, 15) is 13.2 Å². The maximum atomic E-state index is 12.8. The van der Waals surface area contributed by atoms with Crippen molar-refractivity contribution in [3.05, 3.63) is 36.2 Å². The Morgan fingerprint density at radius 2 is 2.11 bits per heavy atom. The number of hydrogen-bond donors (Lipinski definition) is 2. The lowest BCUT2D eigenvalue weighted by Crippen LogP contribution is -2.12. The number of amides is 1. The van der Waals surface area contributed by atoms with E-state index in [4.69, 9.17) is 0 Å². The van der Waals surface area contributed by atoms with Gasteiger partial charge in [0.25, 0.3) is 10.0 Å². The maximum absolute atomic E-state index is 12.8. The number of imidazole rings is 1. The molecule has 0 fully saturated rings. The Morgan fingerprint density at radius 3 is 2.86 bits per heavy atom. The fourth-order valence-corrected chi connectivity index (χ4v) is 6.28. The maximum Gasteiger partial charge on any atom is 0.273 e. The molecule has 0 aliphatic carbocycles. The van der Waals surface area contributed by atoms with Crippen molar-refractivity contribution < 1.29 is 13.2 Å². The van der Waals surface area contributed by atoms with Gasteiger partial charge in [-0.25, -0.2) is 18.4 Å². The number of anilines is 2. The lowest BCUT2D eigenvalue weighted by atomic mass is 10.1. The number of thioether (sulfide) groups is 1. The number of carbonyl (C=O) groups excluding carboxylic acids is 1. The molecule has 1 amide bonds. The van der Waals surface area contributed by atoms with E-state index < -0.39 is 10.0 Å². The molecule has 0 saturated carbocycles. The summed E-state index contributed by atoms with van der Waals surface area (Å²) in [5, 5.41) is 3.75. The van der Waals surface area contributed by atoms with Crippen molar-refractivity contribution in [2.24, 2.45) is 0 Å². The number of nitrogens with one attached hydrogen (secondary N) is 2. The topological polar surface area (TPSA) is 106 Å². The van der Waals surface area contributed by atoms with Crippen LogP contribution in [0.15, 0.2) is 39.8 Å². The molecule has 3 aromatic rings. The molecule has 3 heterocycles. The van der Waals surface area contributed by atoms with Crippen LogP contribution >= 0.6 is 23.1 Å². The van der Waals surface area contributed by atoms with E-state index >= 15 is 0 Å². The lowest BCUT2D eigenvalue weighted by molar-refractivity contribution is -0.114. The van der Waals surface area contributed by atoms with Crippen LogP contribution in [0, 0.1) is 6.92 Å². The van der Waals surface area contributed by atoms with Gasteiger partial charge < -0.3 is 9.88 Å². The number of sulfonamides is 1. The van der Waals surface area contributed by atoms with E-state index in [2.05, 4.69) is 24.6 Å². The number of aromatic nitrogens is 3. The second-order valence-corrected chi connectivity index (χ2v) is 10.1. The molecule has 8 nitrogen and oxygen atoms in total. The van der Waals surface area contributed by atoms with Gasteiger partial charge in [0.15, 0.2) is 14.5 Å². The first-order chi connectivity index (χ1) is 13.3. The molecule has 2 aromatic heterocycles. The number of nitrogens with zero attached hydrogens (tertiary/aromatic N) is 3. The standard InChI is InChI=1S/C17H17N5O3S3/c1-10-15(27-16(18-10)19-11(2)23)28(24,25)21-13-5-3-4-12(8-13)14-9-22-6-7-26-17(22)20-14/h3-5,8-9,21H,6-7H2,1-2H3,(H,18,19,23). The number of carbonyl (C=O) groups is 1. The van der Waals surface area contributed by atoms with Crippen molar-refractivity contribution in [1.82, 2.24) is 14.5 Å². The lowest BCUT2D eigenvalue weighted by Gasteiger charge is -2.08. The van der Waals surface area contributed by atoms with Gasteiger partial charge in [0.2, 0.25) is 5.91 Å². The molecule has 146 valence electrons. The highest BCUT2D eigenvalue weighted by atomic mass is 32.2. The van der Waals surface area contributed by atoms with Gasteiger partial charge in [0.05, 0.1) is 11.4 Å². The minimum absolute atomic E-state index is 0.0685. The first-order valence-electron chi connectivity index (χ1n) is 8.40. The number of thiazole rings is 1. The van der Waals surface area contributed by atoms with Gasteiger partial charge in [-0.1, -0.05) is 35.2 Å². The number of fused-ring (bicyclic) bond motifs is 1. The van der Waals surface area contributed by atoms with Crippen LogP contribution in [0.1, 0.15) is 12.6 Å². The summed E-state index contributed by atoms with van der Waals surface area (Å²) < 4.78 is 30.4. The summed E-state index contributed by atoms with van der Waals surface area (Å²) in [7, 11) is -3.83. The Hall–Kier alpha value is -2.37. The number of rotatable bonds is 5. The van der Waals surface area contributed by atoms with E-state index in [1.165, 1.54) is 6.92 Å². The summed E-state index contributed by atoms with van der Waals surface area (Å²) in [4.78, 5) is 19.9. The molecule has 0 bridgehead atoms. The largest absolute Gasteiger partial charge is 0.325 e. The first-order valence-corrected chi connectivity index (χ1v) is 11.7. The zero-order valence-electron chi connectivity index (χ0n) is 15.1. The number of aryl methyl sites for hydroxylation is 2. The molecular formula is C17H17N5O3S3. The minimum atomic E-state index is -3.83. The molecule has 1 aromatic carbocycles. The molecule has 28 heavy (non-hydrogen) atoms. The molecule has 1 aliphatic rings. The van der Waals surface area contributed by atoms with Crippen molar-refractivity contribution in [1.29, 1.82) is 0 Å². The molecule has 1 aliphatic heterocycles. The Morgan fingerprint density at radius 1 is 1.29 bits per heavy atom. The summed E-state index contributed by atoms with van der Waals surface area (Å²) in [6, 6.07) is 7.12. The molecule has 0 unspecified atom stereocenters. The van der Waals surface area contributed by atoms with E-state index in [0.717, 1.165) is 40.0 Å². The smallest absolute Gasteiger partial charge is 0.273 e. The summed E-state index contributed by atoms with van der Waals surface area (Å²) in [6.45, 7) is 3.87. The zero-order valence-corrected chi connectivity index (χ0v) is 17.5. The second kappa shape index (κ2) is 7.22. The molecular weight excluding hydrogens is 418 g/mol. The third-order valence-electron chi connectivity index (χ3n) is 3.99. The monoisotopic (exact) mass is 435 g/mol. The molecule has 4 rings (SSSR count). The molecule has 0 saturated heterocycles. The fourth-order valence-electron chi connectivity index (χ4n) is 2.83. The molecule has 11 heteroatoms. The van der Waals surface area contributed by atoms with Crippen LogP contribution in [-0.2, 0) is 21.4 Å². The van der Waals surface area contributed by atoms with Crippen LogP contribution in [0.4, 0.5) is 10.8 Å². The predicted octanol–water partition coefficient (Wildman–Crippen LogP) is 3.18. The molecule has 2 N–H and O–H groups in total. The van der Waals surface area contributed by atoms with Gasteiger partial charge in [0, 0.05) is 36.7 Å². The van der Waals surface area contributed by atoms with Crippen LogP contribution < -0.4 is 10.0 Å². The van der Waals surface area contributed by atoms with E-state index in [1.807, 2.05) is 12.3 Å². The van der Waals surface area contributed by atoms with Crippen LogP contribution in [-0.4, -0.2) is 34.6 Å². The van der Waals surface area contributed by atoms with Gasteiger partial charge in [0.1, 0.15) is 0 Å². The molecule has 0 spiro atoms. The van der Waals surface area contributed by atoms with Crippen molar-refractivity contribution in [2.75, 3.05) is 15.8 Å². The average Bonchev–Trinajstić information content (AvgIpc) is 3.28. The SMILES string of the molecule is CC(=O)Nc1nc(C)c(S(=O)(=O)Nc2cccc(-c3cn4c(n3)SCC4)c2)s1. The molecule has 0 atom stereocenters. The predicted molar refractivity (Wildman–Crippen MR) is 110 cm³/mol. The van der Waals surface area contributed by atoms with Crippen LogP contribution in [0.3, 0.4) is 0 Å². The van der Waals surface area contributed by atoms with Crippen LogP contribution in [0.25, 0.3) is 11.3 Å². The Labute approximate surface area is 170 Å². The van der Waals surface area contributed by atoms with Gasteiger partial charge >= 0.3 is 0 Å². The fraction of sp³-hybridized carbons (Fsp3) is 0.235. The van der Waals surface area contributed by atoms with Gasteiger partial charge in [-0.05, 0) is 19.1 Å². The molecule has 0 radical (unpaired) electrons. The normalized spacial score (nSPS) is 13.4. The average molecular weight is 436 g/mol. The third-order valence-corrected chi connectivity index (χ3v) is 8.03. The summed E-state index contributed by atoms with van der Waals surface area (Å²) >= 11 is 2.63. The third kappa shape index (κ3) is 3.77. The zero-order chi connectivity index (χ0) is 19.9. The highest BCUT2D eigenvalue weighted by Crippen LogP contribution is 2.32. The highest BCUT2D eigenvalue weighted by molar-refractivity contribution is 7.99. The van der Waals surface area contributed by atoms with Gasteiger partial charge in [-0.3, -0.25) is 9.52 Å². The van der Waals surface area contributed by atoms with Crippen molar-refractivity contribution >= 4 is 49.8 Å². The summed E-state index contributed by atoms with van der Waals surface area (Å²) in [6.07, 6.45) is 1.98. The van der Waals surface area contributed by atoms with E-state index in [-0.39, 0.29) is 15.2 Å². The van der Waals surface area contributed by atoms with Crippen LogP contribution in [0.5, 0.6) is 0 Å². The number of benzene rings is 1. The van der Waals surface area contributed by atoms with Crippen molar-refractivity contribution in [3.8, 4) is 11.3 Å². The minimum Gasteiger partial charge on any atom is -0.325 e. The van der Waals surface area contributed by atoms with Gasteiger partial charge in [-0.15, -0.1) is 0 Å². The summed E-state index contributed by atoms with van der Waals surface area (Å²) in [5.74, 6) is 0.723. The Bertz CT molecular complexity index is 1150. The van der Waals surface area contributed by atoms with E-state index in [1.54, 1.807) is 36.9 Å². The highest BCUT2D eigenvalue weighted by Gasteiger charge is 2.23. The quantitative estimate of drug-likeness (QED) is 0.638.